The predicted octanol–water partition coefficient (Wildman–Crippen LogP) is 2.87. The Kier molecular flexibility index (Phi) is 2.40. The first-order valence-electron chi connectivity index (χ1n) is 5.47. The number of hydrogen-bond acceptors (Lipinski definition) is 2. The number of hydrogen-bond donors (Lipinski definition) is 0. The van der Waals surface area contributed by atoms with Crippen molar-refractivity contribution in [1.29, 1.82) is 0 Å². The van der Waals surface area contributed by atoms with Crippen molar-refractivity contribution in [3.8, 4) is 5.69 Å². The monoisotopic (exact) mass is 233 g/mol. The van der Waals surface area contributed by atoms with E-state index in [-0.39, 0.29) is 0 Å². The molecule has 0 aromatic carbocycles. The van der Waals surface area contributed by atoms with Crippen molar-refractivity contribution in [2.45, 2.75) is 19.3 Å². The summed E-state index contributed by atoms with van der Waals surface area (Å²) in [5, 5.41) is 4.92. The van der Waals surface area contributed by atoms with Gasteiger partial charge in [0.2, 0.25) is 0 Å². The van der Waals surface area contributed by atoms with E-state index in [0.717, 1.165) is 23.6 Å². The maximum atomic E-state index is 6.11. The quantitative estimate of drug-likeness (QED) is 0.816. The molecule has 3 rings (SSSR count). The highest BCUT2D eigenvalue weighted by Gasteiger charge is 2.23. The van der Waals surface area contributed by atoms with Gasteiger partial charge in [-0.25, -0.2) is 4.68 Å². The van der Waals surface area contributed by atoms with Gasteiger partial charge >= 0.3 is 0 Å². The molecule has 1 aliphatic rings. The molecule has 0 N–H and O–H groups in total. The first kappa shape index (κ1) is 9.85. The molecule has 0 atom stereocenters. The lowest BCUT2D eigenvalue weighted by Crippen LogP contribution is -1.94. The van der Waals surface area contributed by atoms with Gasteiger partial charge in [0.15, 0.2) is 5.15 Å². The zero-order valence-electron chi connectivity index (χ0n) is 8.81. The van der Waals surface area contributed by atoms with Gasteiger partial charge in [-0.1, -0.05) is 11.6 Å². The van der Waals surface area contributed by atoms with Crippen LogP contribution < -0.4 is 0 Å². The standard InChI is InChI=1S/C12H12ClN3/c13-12-10(6-9-3-4-9)8-16(15-12)11-2-1-5-14-7-11/h1-2,5,7-9H,3-4,6H2. The molecule has 1 saturated carbocycles. The second kappa shape index (κ2) is 3.91. The second-order valence-corrected chi connectivity index (χ2v) is 4.61. The molecule has 0 bridgehead atoms. The fourth-order valence-corrected chi connectivity index (χ4v) is 1.99. The molecule has 0 saturated heterocycles. The Hall–Kier alpha value is -1.35. The van der Waals surface area contributed by atoms with Gasteiger partial charge in [-0.3, -0.25) is 4.98 Å². The third-order valence-corrected chi connectivity index (χ3v) is 3.17. The number of nitrogens with zero attached hydrogens (tertiary/aromatic N) is 3. The molecule has 0 unspecified atom stereocenters. The fourth-order valence-electron chi connectivity index (χ4n) is 1.78. The van der Waals surface area contributed by atoms with Crippen molar-refractivity contribution in [3.05, 3.63) is 41.4 Å². The average molecular weight is 234 g/mol. The second-order valence-electron chi connectivity index (χ2n) is 4.25. The smallest absolute Gasteiger partial charge is 0.154 e. The average Bonchev–Trinajstić information content (AvgIpc) is 3.05. The number of aromatic nitrogens is 3. The van der Waals surface area contributed by atoms with E-state index in [2.05, 4.69) is 10.1 Å². The molecular weight excluding hydrogens is 222 g/mol. The topological polar surface area (TPSA) is 30.7 Å². The molecule has 3 nitrogen and oxygen atoms in total. The Bertz CT molecular complexity index is 488. The van der Waals surface area contributed by atoms with Crippen LogP contribution in [0.5, 0.6) is 0 Å². The molecule has 2 aromatic heterocycles. The van der Waals surface area contributed by atoms with Crippen molar-refractivity contribution in [1.82, 2.24) is 14.8 Å². The minimum absolute atomic E-state index is 0.621. The predicted molar refractivity (Wildman–Crippen MR) is 62.8 cm³/mol. The Labute approximate surface area is 99.1 Å². The van der Waals surface area contributed by atoms with Gasteiger partial charge in [0.1, 0.15) is 0 Å². The van der Waals surface area contributed by atoms with Crippen LogP contribution in [0.15, 0.2) is 30.7 Å². The number of rotatable bonds is 3. The summed E-state index contributed by atoms with van der Waals surface area (Å²) in [5.41, 5.74) is 2.10. The van der Waals surface area contributed by atoms with Crippen LogP contribution in [0.2, 0.25) is 5.15 Å². The molecule has 2 aromatic rings. The van der Waals surface area contributed by atoms with Gasteiger partial charge < -0.3 is 0 Å². The van der Waals surface area contributed by atoms with Crippen LogP contribution in [0.25, 0.3) is 5.69 Å². The Morgan fingerprint density at radius 2 is 2.31 bits per heavy atom. The lowest BCUT2D eigenvalue weighted by atomic mass is 10.2. The summed E-state index contributed by atoms with van der Waals surface area (Å²) in [6, 6.07) is 3.86. The molecule has 4 heteroatoms. The lowest BCUT2D eigenvalue weighted by molar-refractivity contribution is 0.830. The van der Waals surface area contributed by atoms with Gasteiger partial charge in [-0.15, -0.1) is 0 Å². The van der Waals surface area contributed by atoms with Gasteiger partial charge in [0.05, 0.1) is 11.9 Å². The first-order chi connectivity index (χ1) is 7.83. The summed E-state index contributed by atoms with van der Waals surface area (Å²) in [4.78, 5) is 4.07. The minimum atomic E-state index is 0.621. The van der Waals surface area contributed by atoms with Crippen molar-refractivity contribution in [2.75, 3.05) is 0 Å². The van der Waals surface area contributed by atoms with Gasteiger partial charge in [0, 0.05) is 18.0 Å². The van der Waals surface area contributed by atoms with Crippen LogP contribution in [-0.4, -0.2) is 14.8 Å². The number of pyridine rings is 1. The van der Waals surface area contributed by atoms with E-state index in [9.17, 15) is 0 Å². The van der Waals surface area contributed by atoms with Crippen LogP contribution in [0.1, 0.15) is 18.4 Å². The first-order valence-corrected chi connectivity index (χ1v) is 5.85. The van der Waals surface area contributed by atoms with E-state index in [4.69, 9.17) is 11.6 Å². The summed E-state index contributed by atoms with van der Waals surface area (Å²) >= 11 is 6.11. The van der Waals surface area contributed by atoms with E-state index in [0.29, 0.717) is 5.15 Å². The minimum Gasteiger partial charge on any atom is -0.262 e. The molecule has 0 aliphatic heterocycles. The van der Waals surface area contributed by atoms with Crippen LogP contribution in [0.4, 0.5) is 0 Å². The lowest BCUT2D eigenvalue weighted by Gasteiger charge is -1.97. The summed E-state index contributed by atoms with van der Waals surface area (Å²) < 4.78 is 1.80. The van der Waals surface area contributed by atoms with Crippen molar-refractivity contribution in [2.24, 2.45) is 5.92 Å². The molecule has 0 amide bonds. The highest BCUT2D eigenvalue weighted by Crippen LogP contribution is 2.34. The molecular formula is C12H12ClN3. The molecule has 82 valence electrons. The normalized spacial score (nSPS) is 15.3. The van der Waals surface area contributed by atoms with Crippen LogP contribution in [0.3, 0.4) is 0 Å². The summed E-state index contributed by atoms with van der Waals surface area (Å²) in [7, 11) is 0. The van der Waals surface area contributed by atoms with Crippen LogP contribution >= 0.6 is 11.6 Å². The van der Waals surface area contributed by atoms with E-state index in [1.165, 1.54) is 12.8 Å². The zero-order valence-corrected chi connectivity index (χ0v) is 9.56. The highest BCUT2D eigenvalue weighted by molar-refractivity contribution is 6.30. The van der Waals surface area contributed by atoms with E-state index < -0.39 is 0 Å². The van der Waals surface area contributed by atoms with Crippen molar-refractivity contribution < 1.29 is 0 Å². The summed E-state index contributed by atoms with van der Waals surface area (Å²) in [6.07, 6.45) is 9.25. The van der Waals surface area contributed by atoms with Crippen molar-refractivity contribution in [3.63, 3.8) is 0 Å². The molecule has 16 heavy (non-hydrogen) atoms. The Morgan fingerprint density at radius 3 is 3.00 bits per heavy atom. The fraction of sp³-hybridized carbons (Fsp3) is 0.333. The van der Waals surface area contributed by atoms with Gasteiger partial charge in [0.25, 0.3) is 0 Å². The highest BCUT2D eigenvalue weighted by atomic mass is 35.5. The number of halogens is 1. The summed E-state index contributed by atoms with van der Waals surface area (Å²) in [5.74, 6) is 0.823. The molecule has 0 radical (unpaired) electrons. The summed E-state index contributed by atoms with van der Waals surface area (Å²) in [6.45, 7) is 0. The Balaban J connectivity index is 1.90. The Morgan fingerprint density at radius 1 is 1.44 bits per heavy atom. The SMILES string of the molecule is Clc1nn(-c2cccnc2)cc1CC1CC1. The van der Waals surface area contributed by atoms with Crippen LogP contribution in [-0.2, 0) is 6.42 Å². The van der Waals surface area contributed by atoms with E-state index >= 15 is 0 Å². The maximum absolute atomic E-state index is 6.11. The third kappa shape index (κ3) is 1.95. The molecule has 1 fully saturated rings. The van der Waals surface area contributed by atoms with Crippen molar-refractivity contribution >= 4 is 11.6 Å². The van der Waals surface area contributed by atoms with E-state index in [1.807, 2.05) is 18.3 Å². The third-order valence-electron chi connectivity index (χ3n) is 2.85. The van der Waals surface area contributed by atoms with Gasteiger partial charge in [-0.05, 0) is 37.3 Å². The maximum Gasteiger partial charge on any atom is 0.154 e. The van der Waals surface area contributed by atoms with Gasteiger partial charge in [-0.2, -0.15) is 5.10 Å². The van der Waals surface area contributed by atoms with E-state index in [1.54, 1.807) is 17.1 Å². The molecule has 2 heterocycles. The molecule has 0 spiro atoms. The zero-order chi connectivity index (χ0) is 11.0. The van der Waals surface area contributed by atoms with Crippen LogP contribution in [0, 0.1) is 5.92 Å². The molecule has 1 aliphatic carbocycles. The largest absolute Gasteiger partial charge is 0.262 e.